The van der Waals surface area contributed by atoms with Crippen molar-refractivity contribution in [1.82, 2.24) is 19.9 Å². The summed E-state index contributed by atoms with van der Waals surface area (Å²) in [7, 11) is 0. The average Bonchev–Trinajstić information content (AvgIpc) is 0.695. The monoisotopic (exact) mass is 1410 g/mol. The first-order valence-electron chi connectivity index (χ1n) is 38.8. The Hall–Kier alpha value is -11.5. The van der Waals surface area contributed by atoms with Gasteiger partial charge >= 0.3 is 0 Å². The van der Waals surface area contributed by atoms with Crippen LogP contribution in [0.25, 0.3) is 75.9 Å². The van der Waals surface area contributed by atoms with Crippen LogP contribution in [0.2, 0.25) is 0 Å². The van der Waals surface area contributed by atoms with Gasteiger partial charge in [0.1, 0.15) is 0 Å². The van der Waals surface area contributed by atoms with Crippen molar-refractivity contribution in [2.24, 2.45) is 0 Å². The molecule has 0 aliphatic rings. The Morgan fingerprint density at radius 3 is 0.630 bits per heavy atom. The molecule has 16 rings (SSSR count). The molecular weight excluding hydrogens is 1310 g/mol. The lowest BCUT2D eigenvalue weighted by molar-refractivity contribution is 0.590. The summed E-state index contributed by atoms with van der Waals surface area (Å²) in [5, 5.41) is 10.9. The number of pyridine rings is 4. The maximum Gasteiger partial charge on any atom is 0.0945 e. The lowest BCUT2D eigenvalue weighted by Gasteiger charge is -2.36. The van der Waals surface area contributed by atoms with Crippen molar-refractivity contribution in [3.05, 3.63) is 300 Å². The van der Waals surface area contributed by atoms with E-state index in [4.69, 9.17) is 19.9 Å². The van der Waals surface area contributed by atoms with Gasteiger partial charge < -0.3 is 19.6 Å². The Bertz CT molecular complexity index is 5350. The van der Waals surface area contributed by atoms with Gasteiger partial charge in [-0.05, 0) is 177 Å². The van der Waals surface area contributed by atoms with Gasteiger partial charge in [0, 0.05) is 101 Å². The highest BCUT2D eigenvalue weighted by Gasteiger charge is 2.34. The molecule has 4 heterocycles. The predicted molar refractivity (Wildman–Crippen MR) is 462 cm³/mol. The van der Waals surface area contributed by atoms with Crippen molar-refractivity contribution in [3.8, 4) is 0 Å². The quantitative estimate of drug-likeness (QED) is 0.0887. The van der Waals surface area contributed by atoms with Crippen molar-refractivity contribution < 1.29 is 0 Å². The first kappa shape index (κ1) is 70.8. The zero-order valence-corrected chi connectivity index (χ0v) is 65.7. The van der Waals surface area contributed by atoms with Crippen molar-refractivity contribution >= 4 is 144 Å². The van der Waals surface area contributed by atoms with Gasteiger partial charge in [-0.3, -0.25) is 19.9 Å². The number of benzene rings is 12. The molecule has 8 heteroatoms. The number of aromatic nitrogens is 4. The van der Waals surface area contributed by atoms with Crippen molar-refractivity contribution in [3.63, 3.8) is 0 Å². The molecule has 0 fully saturated rings. The topological polar surface area (TPSA) is 64.5 Å². The largest absolute Gasteiger partial charge is 0.307 e. The first-order valence-corrected chi connectivity index (χ1v) is 38.8. The number of anilines is 12. The number of nitrogens with zero attached hydrogens (tertiary/aromatic N) is 8. The van der Waals surface area contributed by atoms with E-state index < -0.39 is 0 Å². The van der Waals surface area contributed by atoms with Gasteiger partial charge in [0.15, 0.2) is 0 Å². The van der Waals surface area contributed by atoms with E-state index in [1.54, 1.807) is 0 Å². The van der Waals surface area contributed by atoms with Gasteiger partial charge in [0.2, 0.25) is 0 Å². The van der Waals surface area contributed by atoms with Crippen LogP contribution in [0.1, 0.15) is 155 Å². The second-order valence-electron chi connectivity index (χ2n) is 33.4. The summed E-state index contributed by atoms with van der Waals surface area (Å²) in [4.78, 5) is 32.0. The van der Waals surface area contributed by atoms with E-state index in [2.05, 4.69) is 361 Å². The maximum absolute atomic E-state index is 5.42. The van der Waals surface area contributed by atoms with E-state index >= 15 is 0 Å². The van der Waals surface area contributed by atoms with E-state index in [9.17, 15) is 0 Å². The fraction of sp³-hybridized carbons (Fsp3) is 0.240. The summed E-state index contributed by atoms with van der Waals surface area (Å²) in [6.07, 6.45) is 10.9. The second-order valence-corrected chi connectivity index (χ2v) is 33.4. The molecule has 0 saturated heterocycles. The van der Waals surface area contributed by atoms with Gasteiger partial charge in [0.25, 0.3) is 0 Å². The zero-order chi connectivity index (χ0) is 75.3. The minimum atomic E-state index is -0.105. The molecule has 16 aromatic rings. The van der Waals surface area contributed by atoms with Gasteiger partial charge in [0.05, 0.1) is 67.6 Å². The Morgan fingerprint density at radius 2 is 0.444 bits per heavy atom. The van der Waals surface area contributed by atoms with Gasteiger partial charge in [-0.25, -0.2) is 0 Å². The van der Waals surface area contributed by atoms with Crippen LogP contribution in [0.3, 0.4) is 0 Å². The van der Waals surface area contributed by atoms with Crippen LogP contribution in [-0.2, 0) is 47.3 Å². The van der Waals surface area contributed by atoms with Crippen LogP contribution in [0.4, 0.5) is 68.2 Å². The molecule has 0 unspecified atom stereocenters. The third-order valence-corrected chi connectivity index (χ3v) is 22.5. The number of hydrogen-bond acceptors (Lipinski definition) is 8. The Labute approximate surface area is 637 Å². The molecule has 0 atom stereocenters. The molecule has 0 aliphatic carbocycles. The maximum atomic E-state index is 5.42. The molecule has 8 nitrogen and oxygen atoms in total. The molecule has 0 radical (unpaired) electrons. The number of fused-ring (bicyclic) bond motifs is 4. The van der Waals surface area contributed by atoms with Gasteiger partial charge in [-0.1, -0.05) is 256 Å². The molecule has 4 aromatic heterocycles. The van der Waals surface area contributed by atoms with Crippen molar-refractivity contribution in [2.75, 3.05) is 19.6 Å². The SMILES string of the molecule is CCc1ccc2cccnc2c1N(c1ccc(C(C)(C)C)cc1)c1cc(N(c2ccc(C(C)(C)C)cc2)c2c(CC)ccc3cccnc23)c2ccc3c(N(c4ccc(C(C)(C)C)cc4)c4c(CC)ccc5cccnc45)cc(N(c4ccc(C(C)(C)C)cc4)c4c(CC)ccc5cccnc45)c4ccc1c2c43. The van der Waals surface area contributed by atoms with E-state index in [1.165, 1.54) is 44.5 Å². The summed E-state index contributed by atoms with van der Waals surface area (Å²) in [5.41, 5.74) is 25.4. The highest BCUT2D eigenvalue weighted by molar-refractivity contribution is 6.34. The molecule has 0 N–H and O–H groups in total. The van der Waals surface area contributed by atoms with Crippen LogP contribution in [0, 0.1) is 0 Å². The molecule has 0 aliphatic heterocycles. The zero-order valence-electron chi connectivity index (χ0n) is 65.7. The smallest absolute Gasteiger partial charge is 0.0945 e. The average molecular weight is 1410 g/mol. The third kappa shape index (κ3) is 12.4. The van der Waals surface area contributed by atoms with E-state index in [1.807, 2.05) is 24.8 Å². The fourth-order valence-electron chi connectivity index (χ4n) is 16.5. The Kier molecular flexibility index (Phi) is 18.0. The standard InChI is InChI=1S/C100H98N8/c1-17-63-29-33-67-25-21-57-101-89(67)93(63)105(75-45-37-71(38-46-75)97(5,6)7)83-61-84(106(76-47-39-72(40-48-76)98(8,9)10)94-64(18-2)30-34-68-26-22-58-102-90(68)94)80-55-56-82-86(108(78-51-43-74(44-52-78)100(14,15)16)96-66(20-4)32-36-70-28-24-60-104-92(70)96)62-85(81-54-53-79(83)87(80)88(81)82)107(77-49-41-73(42-50-77)99(11,12)13)95-65(19-3)31-35-69-27-23-59-103-91(69)95/h21-62H,17-20H2,1-16H3. The summed E-state index contributed by atoms with van der Waals surface area (Å²) in [6, 6.07) is 87.7. The van der Waals surface area contributed by atoms with E-state index in [-0.39, 0.29) is 21.7 Å². The van der Waals surface area contributed by atoms with Crippen LogP contribution in [-0.4, -0.2) is 19.9 Å². The summed E-state index contributed by atoms with van der Waals surface area (Å²) < 4.78 is 0. The summed E-state index contributed by atoms with van der Waals surface area (Å²) >= 11 is 0. The summed E-state index contributed by atoms with van der Waals surface area (Å²) in [5.74, 6) is 0. The molecular formula is C100H98N8. The lowest BCUT2D eigenvalue weighted by atomic mass is 9.86. The van der Waals surface area contributed by atoms with Crippen molar-refractivity contribution in [2.45, 2.75) is 158 Å². The first-order chi connectivity index (χ1) is 51.9. The highest BCUT2D eigenvalue weighted by atomic mass is 15.2. The lowest BCUT2D eigenvalue weighted by Crippen LogP contribution is -2.19. The van der Waals surface area contributed by atoms with E-state index in [0.29, 0.717) is 0 Å². The molecule has 538 valence electrons. The minimum absolute atomic E-state index is 0.105. The van der Waals surface area contributed by atoms with Gasteiger partial charge in [-0.15, -0.1) is 0 Å². The molecule has 0 bridgehead atoms. The fourth-order valence-corrected chi connectivity index (χ4v) is 16.5. The Morgan fingerprint density at radius 1 is 0.241 bits per heavy atom. The van der Waals surface area contributed by atoms with Crippen molar-refractivity contribution in [1.29, 1.82) is 0 Å². The highest BCUT2D eigenvalue weighted by Crippen LogP contribution is 2.58. The molecule has 0 amide bonds. The molecule has 0 spiro atoms. The van der Waals surface area contributed by atoms with Gasteiger partial charge in [-0.2, -0.15) is 0 Å². The minimum Gasteiger partial charge on any atom is -0.307 e. The molecule has 108 heavy (non-hydrogen) atoms. The number of hydrogen-bond donors (Lipinski definition) is 0. The Balaban J connectivity index is 1.17. The normalized spacial score (nSPS) is 12.4. The van der Waals surface area contributed by atoms with Crippen LogP contribution >= 0.6 is 0 Å². The molecule has 12 aromatic carbocycles. The predicted octanol–water partition coefficient (Wildman–Crippen LogP) is 28.1. The van der Waals surface area contributed by atoms with Crippen LogP contribution < -0.4 is 19.6 Å². The van der Waals surface area contributed by atoms with Crippen LogP contribution in [0.5, 0.6) is 0 Å². The number of rotatable bonds is 16. The summed E-state index contributed by atoms with van der Waals surface area (Å²) in [6.45, 7) is 36.8. The second kappa shape index (κ2) is 27.4. The third-order valence-electron chi connectivity index (χ3n) is 22.5. The van der Waals surface area contributed by atoms with E-state index in [0.717, 1.165) is 170 Å². The van der Waals surface area contributed by atoms with Crippen LogP contribution in [0.15, 0.2) is 255 Å². The molecule has 0 saturated carbocycles. The number of aryl methyl sites for hydroxylation is 4.